The summed E-state index contributed by atoms with van der Waals surface area (Å²) in [5.41, 5.74) is -0.196. The lowest BCUT2D eigenvalue weighted by Crippen LogP contribution is -2.41. The predicted octanol–water partition coefficient (Wildman–Crippen LogP) is 3.91. The topological polar surface area (TPSA) is 75.7 Å². The van der Waals surface area contributed by atoms with Crippen LogP contribution in [-0.2, 0) is 11.0 Å². The van der Waals surface area contributed by atoms with Crippen LogP contribution in [0.15, 0.2) is 48.5 Å². The second kappa shape index (κ2) is 9.84. The van der Waals surface area contributed by atoms with Crippen molar-refractivity contribution in [1.29, 1.82) is 0 Å². The lowest BCUT2D eigenvalue weighted by molar-refractivity contribution is -0.137. The van der Waals surface area contributed by atoms with Crippen LogP contribution in [0.1, 0.15) is 46.0 Å². The molecule has 9 heteroatoms. The van der Waals surface area contributed by atoms with Gasteiger partial charge in [0.2, 0.25) is 0 Å². The Morgan fingerprint density at radius 2 is 1.69 bits per heavy atom. The molecule has 0 atom stereocenters. The maximum absolute atomic E-state index is 12.7. The van der Waals surface area contributed by atoms with Gasteiger partial charge in [-0.3, -0.25) is 14.4 Å². The van der Waals surface area contributed by atoms with Gasteiger partial charge in [0.1, 0.15) is 5.75 Å². The Morgan fingerprint density at radius 3 is 2.28 bits per heavy atom. The smallest absolute Gasteiger partial charge is 0.416 e. The van der Waals surface area contributed by atoms with Crippen LogP contribution in [0.5, 0.6) is 5.75 Å². The summed E-state index contributed by atoms with van der Waals surface area (Å²) >= 11 is 0. The maximum atomic E-state index is 12.7. The number of alkyl halides is 3. The first-order valence-electron chi connectivity index (χ1n) is 10.2. The number of piperidine rings is 1. The van der Waals surface area contributed by atoms with E-state index in [1.54, 1.807) is 23.1 Å². The molecule has 6 nitrogen and oxygen atoms in total. The van der Waals surface area contributed by atoms with Crippen LogP contribution >= 0.6 is 0 Å². The third-order valence-corrected chi connectivity index (χ3v) is 5.27. The second-order valence-corrected chi connectivity index (χ2v) is 7.64. The Bertz CT molecular complexity index is 981. The van der Waals surface area contributed by atoms with Gasteiger partial charge in [0.25, 0.3) is 11.8 Å². The van der Waals surface area contributed by atoms with Crippen LogP contribution in [0.3, 0.4) is 0 Å². The zero-order valence-electron chi connectivity index (χ0n) is 17.4. The zero-order chi connectivity index (χ0) is 23.3. The van der Waals surface area contributed by atoms with Crippen LogP contribution < -0.4 is 10.1 Å². The highest BCUT2D eigenvalue weighted by Gasteiger charge is 2.31. The van der Waals surface area contributed by atoms with E-state index >= 15 is 0 Å². The van der Waals surface area contributed by atoms with Crippen LogP contribution in [0.25, 0.3) is 0 Å². The first kappa shape index (κ1) is 23.3. The van der Waals surface area contributed by atoms with Gasteiger partial charge >= 0.3 is 12.1 Å². The molecule has 0 bridgehead atoms. The number of esters is 1. The van der Waals surface area contributed by atoms with E-state index in [0.717, 1.165) is 12.1 Å². The number of amides is 2. The lowest BCUT2D eigenvalue weighted by atomic mass is 9.96. The number of benzene rings is 2. The molecule has 0 spiro atoms. The van der Waals surface area contributed by atoms with Crippen molar-refractivity contribution < 1.29 is 32.3 Å². The third-order valence-electron chi connectivity index (χ3n) is 5.27. The number of likely N-dealkylation sites (tertiary alicyclic amines) is 1. The van der Waals surface area contributed by atoms with E-state index in [1.807, 2.05) is 0 Å². The highest BCUT2D eigenvalue weighted by atomic mass is 19.4. The van der Waals surface area contributed by atoms with E-state index in [2.05, 4.69) is 5.32 Å². The van der Waals surface area contributed by atoms with Gasteiger partial charge in [-0.1, -0.05) is 6.07 Å². The average Bonchev–Trinajstić information content (AvgIpc) is 2.76. The maximum Gasteiger partial charge on any atom is 0.416 e. The minimum absolute atomic E-state index is 0.173. The number of rotatable bonds is 5. The molecule has 1 aliphatic rings. The highest BCUT2D eigenvalue weighted by molar-refractivity contribution is 5.95. The van der Waals surface area contributed by atoms with Gasteiger partial charge in [0, 0.05) is 37.7 Å². The number of halogens is 3. The van der Waals surface area contributed by atoms with Crippen molar-refractivity contribution >= 4 is 17.8 Å². The van der Waals surface area contributed by atoms with Crippen molar-refractivity contribution in [3.63, 3.8) is 0 Å². The fourth-order valence-corrected chi connectivity index (χ4v) is 3.53. The molecule has 2 aromatic rings. The normalized spacial score (nSPS) is 14.7. The van der Waals surface area contributed by atoms with E-state index in [0.29, 0.717) is 43.8 Å². The number of carbonyl (C=O) groups is 3. The van der Waals surface area contributed by atoms with E-state index in [9.17, 15) is 27.6 Å². The fraction of sp³-hybridized carbons (Fsp3) is 0.348. The van der Waals surface area contributed by atoms with Gasteiger partial charge in [0.15, 0.2) is 0 Å². The molecular weight excluding hydrogens is 425 g/mol. The van der Waals surface area contributed by atoms with Crippen molar-refractivity contribution in [3.05, 3.63) is 65.2 Å². The van der Waals surface area contributed by atoms with Gasteiger partial charge in [-0.15, -0.1) is 0 Å². The molecule has 0 unspecified atom stereocenters. The molecule has 0 radical (unpaired) electrons. The van der Waals surface area contributed by atoms with Crippen LogP contribution in [0.2, 0.25) is 0 Å². The van der Waals surface area contributed by atoms with Crippen LogP contribution in [0.4, 0.5) is 13.2 Å². The van der Waals surface area contributed by atoms with Crippen LogP contribution in [0, 0.1) is 5.92 Å². The van der Waals surface area contributed by atoms with Crippen molar-refractivity contribution in [3.8, 4) is 5.75 Å². The average molecular weight is 448 g/mol. The SMILES string of the molecule is CC(=O)Oc1cccc(C(=O)NCC2CCN(C(=O)c3ccc(C(F)(F)F)cc3)CC2)c1. The lowest BCUT2D eigenvalue weighted by Gasteiger charge is -2.32. The van der Waals surface area contributed by atoms with Gasteiger partial charge in [-0.05, 0) is 61.2 Å². The molecule has 2 amide bonds. The Hall–Kier alpha value is -3.36. The minimum Gasteiger partial charge on any atom is -0.427 e. The zero-order valence-corrected chi connectivity index (χ0v) is 17.4. The molecule has 1 aliphatic heterocycles. The Labute approximate surface area is 183 Å². The molecule has 3 rings (SSSR count). The molecule has 2 aromatic carbocycles. The number of hydrogen-bond acceptors (Lipinski definition) is 4. The molecule has 1 saturated heterocycles. The quantitative estimate of drug-likeness (QED) is 0.556. The summed E-state index contributed by atoms with van der Waals surface area (Å²) in [7, 11) is 0. The predicted molar refractivity (Wildman–Crippen MR) is 110 cm³/mol. The Kier molecular flexibility index (Phi) is 7.17. The van der Waals surface area contributed by atoms with Gasteiger partial charge in [0.05, 0.1) is 5.56 Å². The third kappa shape index (κ3) is 6.09. The van der Waals surface area contributed by atoms with Crippen LogP contribution in [-0.4, -0.2) is 42.3 Å². The number of ether oxygens (including phenoxy) is 1. The number of carbonyl (C=O) groups excluding carboxylic acids is 3. The molecule has 170 valence electrons. The molecule has 0 aliphatic carbocycles. The summed E-state index contributed by atoms with van der Waals surface area (Å²) in [5, 5.41) is 2.86. The van der Waals surface area contributed by atoms with Crippen molar-refractivity contribution in [2.24, 2.45) is 5.92 Å². The van der Waals surface area contributed by atoms with Crippen molar-refractivity contribution in [2.75, 3.05) is 19.6 Å². The van der Waals surface area contributed by atoms with Gasteiger partial charge in [-0.2, -0.15) is 13.2 Å². The standard InChI is InChI=1S/C23H23F3N2O4/c1-15(29)32-20-4-2-3-18(13-20)21(30)27-14-16-9-11-28(12-10-16)22(31)17-5-7-19(8-6-17)23(24,25)26/h2-8,13,16H,9-12,14H2,1H3,(H,27,30). The number of nitrogens with zero attached hydrogens (tertiary/aromatic N) is 1. The highest BCUT2D eigenvalue weighted by Crippen LogP contribution is 2.29. The summed E-state index contributed by atoms with van der Waals surface area (Å²) < 4.78 is 43.0. The first-order chi connectivity index (χ1) is 15.1. The Balaban J connectivity index is 1.48. The molecule has 1 heterocycles. The molecule has 0 saturated carbocycles. The molecule has 0 aromatic heterocycles. The number of nitrogens with one attached hydrogen (secondary N) is 1. The first-order valence-corrected chi connectivity index (χ1v) is 10.2. The summed E-state index contributed by atoms with van der Waals surface area (Å²) in [4.78, 5) is 37.6. The van der Waals surface area contributed by atoms with Crippen molar-refractivity contribution in [1.82, 2.24) is 10.2 Å². The van der Waals surface area contributed by atoms with E-state index < -0.39 is 17.7 Å². The Morgan fingerprint density at radius 1 is 1.03 bits per heavy atom. The molecule has 1 fully saturated rings. The fourth-order valence-electron chi connectivity index (χ4n) is 3.53. The molecular formula is C23H23F3N2O4. The summed E-state index contributed by atoms with van der Waals surface area (Å²) in [6.45, 7) is 2.63. The van der Waals surface area contributed by atoms with Gasteiger partial charge in [-0.25, -0.2) is 0 Å². The summed E-state index contributed by atoms with van der Waals surface area (Å²) in [6.07, 6.45) is -3.10. The summed E-state index contributed by atoms with van der Waals surface area (Å²) in [5.74, 6) is -0.599. The monoisotopic (exact) mass is 448 g/mol. The minimum atomic E-state index is -4.44. The largest absolute Gasteiger partial charge is 0.427 e. The second-order valence-electron chi connectivity index (χ2n) is 7.64. The molecule has 1 N–H and O–H groups in total. The number of hydrogen-bond donors (Lipinski definition) is 1. The van der Waals surface area contributed by atoms with Gasteiger partial charge < -0.3 is 15.0 Å². The summed E-state index contributed by atoms with van der Waals surface area (Å²) in [6, 6.07) is 10.5. The van der Waals surface area contributed by atoms with E-state index in [-0.39, 0.29) is 23.3 Å². The van der Waals surface area contributed by atoms with E-state index in [1.165, 1.54) is 25.1 Å². The molecule has 32 heavy (non-hydrogen) atoms. The van der Waals surface area contributed by atoms with E-state index in [4.69, 9.17) is 4.74 Å². The van der Waals surface area contributed by atoms with Crippen molar-refractivity contribution in [2.45, 2.75) is 25.9 Å².